The number of carboxylic acid groups (broad SMARTS) is 7. The van der Waals surface area contributed by atoms with Gasteiger partial charge < -0.3 is 41.1 Å². The number of allylic oxidation sites excluding steroid dienone is 6. The predicted molar refractivity (Wildman–Crippen MR) is 227 cm³/mol. The summed E-state index contributed by atoms with van der Waals surface area (Å²) < 4.78 is 0. The van der Waals surface area contributed by atoms with Crippen molar-refractivity contribution < 1.29 is 69.3 Å². The van der Waals surface area contributed by atoms with E-state index in [-0.39, 0.29) is 44.2 Å². The number of aliphatic carboxylic acids is 7. The molecule has 63 heavy (non-hydrogen) atoms. The molecule has 0 aromatic carbocycles. The van der Waals surface area contributed by atoms with Crippen LogP contribution < -0.4 is 5.32 Å². The van der Waals surface area contributed by atoms with Crippen molar-refractivity contribution in [1.29, 1.82) is 0 Å². The van der Waals surface area contributed by atoms with Gasteiger partial charge in [0.05, 0.1) is 30.8 Å². The molecule has 8 bridgehead atoms. The van der Waals surface area contributed by atoms with Gasteiger partial charge in [0.25, 0.3) is 0 Å². The molecule has 8 N–H and O–H groups in total. The van der Waals surface area contributed by atoms with E-state index in [4.69, 9.17) is 15.0 Å². The summed E-state index contributed by atoms with van der Waals surface area (Å²) in [4.78, 5) is 104. The molecule has 1 unspecified atom stereocenters. The van der Waals surface area contributed by atoms with Crippen LogP contribution in [0.2, 0.25) is 0 Å². The van der Waals surface area contributed by atoms with Crippen molar-refractivity contribution in [2.45, 2.75) is 138 Å². The first kappa shape index (κ1) is 48.4. The van der Waals surface area contributed by atoms with Gasteiger partial charge in [0.2, 0.25) is 0 Å². The number of hydrogen-bond acceptors (Lipinski definition) is 11. The van der Waals surface area contributed by atoms with Crippen molar-refractivity contribution in [2.24, 2.45) is 60.3 Å². The lowest BCUT2D eigenvalue weighted by atomic mass is 9.55. The second-order valence-corrected chi connectivity index (χ2v) is 19.5. The third-order valence-corrected chi connectivity index (χ3v) is 15.3. The first-order valence-corrected chi connectivity index (χ1v) is 21.3. The number of carboxylic acids is 7. The Kier molecular flexibility index (Phi) is 13.1. The summed E-state index contributed by atoms with van der Waals surface area (Å²) in [7, 11) is 0. The average molecular weight is 881 g/mol. The van der Waals surface area contributed by atoms with Gasteiger partial charge in [0.15, 0.2) is 0 Å². The van der Waals surface area contributed by atoms with E-state index in [1.165, 1.54) is 0 Å². The first-order chi connectivity index (χ1) is 29.0. The minimum absolute atomic E-state index is 0.0202. The van der Waals surface area contributed by atoms with Crippen LogP contribution in [0, 0.1) is 45.3 Å². The molecule has 0 radical (unpaired) electrons. The van der Waals surface area contributed by atoms with Gasteiger partial charge in [-0.05, 0) is 63.7 Å². The lowest BCUT2D eigenvalue weighted by Gasteiger charge is -2.48. The molecule has 0 amide bonds. The van der Waals surface area contributed by atoms with Gasteiger partial charge in [-0.1, -0.05) is 34.6 Å². The smallest absolute Gasteiger partial charge is 0.304 e. The van der Waals surface area contributed by atoms with E-state index >= 15 is 0 Å². The predicted octanol–water partition coefficient (Wildman–Crippen LogP) is 5.92. The van der Waals surface area contributed by atoms with Crippen LogP contribution in [0.5, 0.6) is 0 Å². The molecule has 5 aliphatic rings. The topological polar surface area (TPSA) is 310 Å². The van der Waals surface area contributed by atoms with E-state index in [0.29, 0.717) is 39.7 Å². The maximum atomic E-state index is 13.1. The Morgan fingerprint density at radius 3 is 1.67 bits per heavy atom. The average Bonchev–Trinajstić information content (AvgIpc) is 3.75. The van der Waals surface area contributed by atoms with Crippen LogP contribution in [-0.4, -0.2) is 106 Å². The van der Waals surface area contributed by atoms with Crippen molar-refractivity contribution in [2.75, 3.05) is 0 Å². The van der Waals surface area contributed by atoms with Crippen molar-refractivity contribution in [3.8, 4) is 0 Å². The third kappa shape index (κ3) is 8.56. The monoisotopic (exact) mass is 880 g/mol. The number of aliphatic imine (C=N–C) groups is 3. The molecule has 0 aromatic heterocycles. The maximum absolute atomic E-state index is 13.1. The Balaban J connectivity index is 2.03. The minimum Gasteiger partial charge on any atom is -0.481 e. The summed E-state index contributed by atoms with van der Waals surface area (Å²) in [5, 5.41) is 75.1. The van der Waals surface area contributed by atoms with Crippen LogP contribution in [0.1, 0.15) is 126 Å². The van der Waals surface area contributed by atoms with E-state index in [0.717, 1.165) is 0 Å². The van der Waals surface area contributed by atoms with Crippen LogP contribution in [0.15, 0.2) is 49.3 Å². The van der Waals surface area contributed by atoms with Crippen LogP contribution in [0.25, 0.3) is 0 Å². The lowest BCUT2D eigenvalue weighted by molar-refractivity contribution is -0.143. The number of carbonyl (C=O) groups is 7. The second-order valence-electron chi connectivity index (χ2n) is 19.5. The second kappa shape index (κ2) is 17.1. The van der Waals surface area contributed by atoms with E-state index in [1.807, 2.05) is 13.8 Å². The highest BCUT2D eigenvalue weighted by Crippen LogP contribution is 2.62. The molecule has 5 aliphatic heterocycles. The van der Waals surface area contributed by atoms with Gasteiger partial charge in [-0.15, -0.1) is 0 Å². The summed E-state index contributed by atoms with van der Waals surface area (Å²) >= 11 is 0. The first-order valence-electron chi connectivity index (χ1n) is 21.3. The molecule has 0 aromatic rings. The highest BCUT2D eigenvalue weighted by molar-refractivity contribution is 6.10. The Bertz CT molecular complexity index is 2220. The molecule has 0 aliphatic carbocycles. The molecular weight excluding hydrogens is 821 g/mol. The summed E-state index contributed by atoms with van der Waals surface area (Å²) in [5.74, 6) is -11.5. The summed E-state index contributed by atoms with van der Waals surface area (Å²) in [6, 6.07) is -1.15. The molecule has 18 heteroatoms. The van der Waals surface area contributed by atoms with Crippen molar-refractivity contribution in [1.82, 2.24) is 5.32 Å². The quantitative estimate of drug-likeness (QED) is 0.0792. The zero-order valence-corrected chi connectivity index (χ0v) is 37.1. The van der Waals surface area contributed by atoms with Crippen LogP contribution >= 0.6 is 0 Å². The molecule has 344 valence electrons. The minimum atomic E-state index is -1.63. The van der Waals surface area contributed by atoms with Crippen LogP contribution in [0.3, 0.4) is 0 Å². The van der Waals surface area contributed by atoms with E-state index in [2.05, 4.69) is 5.32 Å². The fourth-order valence-corrected chi connectivity index (χ4v) is 11.8. The van der Waals surface area contributed by atoms with Crippen molar-refractivity contribution in [3.05, 3.63) is 34.3 Å². The third-order valence-electron chi connectivity index (χ3n) is 15.3. The van der Waals surface area contributed by atoms with E-state index in [9.17, 15) is 69.3 Å². The summed E-state index contributed by atoms with van der Waals surface area (Å²) in [6.07, 6.45) is -1.45. The molecule has 9 atom stereocenters. The fraction of sp³-hybridized carbons (Fsp3) is 0.644. The lowest BCUT2D eigenvalue weighted by Crippen LogP contribution is -2.55. The maximum Gasteiger partial charge on any atom is 0.304 e. The SMILES string of the molecule is C/C1=C2N=C(/C=C3\N/C(=C(/C)C4=N[C@](C)(C5N=C1[C@](C)(CCC(=O)O)[C@H]5CC(=O)O)[C@@](C)(CC(=O)O)[C@@H]4CCC(=O)O)[C@@](C)(CC(=O)O)[C@@H]3CCC(=O)O)C(C)(C)[C@@H]/2CCC(=O)O. The molecule has 0 saturated carbocycles. The number of hydrogen-bond donors (Lipinski definition) is 8. The van der Waals surface area contributed by atoms with Gasteiger partial charge in [-0.2, -0.15) is 0 Å². The Labute approximate surface area is 365 Å². The van der Waals surface area contributed by atoms with Crippen molar-refractivity contribution in [3.63, 3.8) is 0 Å². The Morgan fingerprint density at radius 1 is 0.635 bits per heavy atom. The zero-order chi connectivity index (χ0) is 47.4. The molecule has 1 fully saturated rings. The zero-order valence-electron chi connectivity index (χ0n) is 37.1. The number of rotatable bonds is 18. The Morgan fingerprint density at radius 2 is 1.16 bits per heavy atom. The molecular formula is C45H60N4O14. The molecule has 0 spiro atoms. The molecule has 18 nitrogen and oxygen atoms in total. The number of nitrogens with one attached hydrogen (secondary N) is 1. The number of nitrogens with zero attached hydrogens (tertiary/aromatic N) is 3. The van der Waals surface area contributed by atoms with E-state index < -0.39 is 131 Å². The van der Waals surface area contributed by atoms with Gasteiger partial charge in [0.1, 0.15) is 0 Å². The highest BCUT2D eigenvalue weighted by Gasteiger charge is 2.66. The fourth-order valence-electron chi connectivity index (χ4n) is 11.8. The molecule has 5 heterocycles. The normalized spacial score (nSPS) is 36.2. The van der Waals surface area contributed by atoms with Gasteiger partial charge >= 0.3 is 41.8 Å². The summed E-state index contributed by atoms with van der Waals surface area (Å²) in [5.41, 5.74) is -3.60. The summed E-state index contributed by atoms with van der Waals surface area (Å²) in [6.45, 7) is 13.9. The molecule has 5 rings (SSSR count). The molecule has 1 saturated heterocycles. The largest absolute Gasteiger partial charge is 0.481 e. The van der Waals surface area contributed by atoms with Crippen LogP contribution in [-0.2, 0) is 33.6 Å². The van der Waals surface area contributed by atoms with E-state index in [1.54, 1.807) is 47.6 Å². The van der Waals surface area contributed by atoms with Gasteiger partial charge in [-0.3, -0.25) is 48.5 Å². The Hall–Kier alpha value is -5.68. The van der Waals surface area contributed by atoms with Gasteiger partial charge in [-0.25, -0.2) is 0 Å². The van der Waals surface area contributed by atoms with Crippen molar-refractivity contribution >= 4 is 58.9 Å². The van der Waals surface area contributed by atoms with Gasteiger partial charge in [0, 0.05) is 105 Å². The number of fused-ring (bicyclic) bond motifs is 6. The highest BCUT2D eigenvalue weighted by atomic mass is 16.4. The standard InChI is InChI=1S/C45H60N4O14/c1-21-36-24(10-13-30(52)53)41(3,4)28(47-36)18-27-23(9-12-29(50)51)43(6,19-34(60)61)39(46-27)22(2)37-25(11-14-31(54)55)44(7,20-35(62)63)45(8,49-37)40-26(17-33(58)59)42(5,38(21)48-40)16-15-32(56)57/h18,23-26,40,46H,9-17,19-20H2,1-8H3,(H,50,51)(H,52,53)(H,54,55)(H,56,57)(H,58,59)(H,60,61)(H,62,63)/b27-18-,36-21-,39-22-/t23-,24-,25-,26+,40?,42-,43+,44+,45-/m1/s1. The van der Waals surface area contributed by atoms with Crippen LogP contribution in [0.4, 0.5) is 0 Å².